The molecule has 2 heterocycles. The van der Waals surface area contributed by atoms with Gasteiger partial charge in [0, 0.05) is 41.7 Å². The number of nitrogens with one attached hydrogen (secondary N) is 1. The van der Waals surface area contributed by atoms with Gasteiger partial charge in [-0.3, -0.25) is 4.79 Å². The molecule has 1 N–H and O–H groups in total. The topological polar surface area (TPSA) is 99.0 Å². The number of nitrogens with zero attached hydrogens (tertiary/aromatic N) is 4. The largest absolute Gasteiger partial charge is 0.444 e. The normalized spacial score (nSPS) is 11.6. The number of amides is 1. The Balaban J connectivity index is 1.45. The maximum absolute atomic E-state index is 13.7. The second kappa shape index (κ2) is 11.9. The Kier molecular flexibility index (Phi) is 8.42. The summed E-state index contributed by atoms with van der Waals surface area (Å²) in [6, 6.07) is 11.4. The summed E-state index contributed by atoms with van der Waals surface area (Å²) in [4.78, 5) is 32.9. The van der Waals surface area contributed by atoms with Crippen LogP contribution in [0.1, 0.15) is 31.9 Å². The number of hydrogen-bond donors (Lipinski definition) is 1. The second-order valence-corrected chi connectivity index (χ2v) is 9.79. The molecule has 0 unspecified atom stereocenters. The van der Waals surface area contributed by atoms with Gasteiger partial charge in [-0.05, 0) is 50.6 Å². The van der Waals surface area contributed by atoms with Crippen molar-refractivity contribution >= 4 is 12.2 Å². The van der Waals surface area contributed by atoms with Crippen LogP contribution in [-0.4, -0.2) is 38.0 Å². The zero-order valence-electron chi connectivity index (χ0n) is 22.0. The molecule has 2 aromatic carbocycles. The molecule has 4 rings (SSSR count). The molecule has 11 heteroatoms. The van der Waals surface area contributed by atoms with Crippen molar-refractivity contribution in [2.75, 3.05) is 6.54 Å². The summed E-state index contributed by atoms with van der Waals surface area (Å²) in [5, 5.41) is 6.83. The lowest BCUT2D eigenvalue weighted by molar-refractivity contribution is 0.0534. The third kappa shape index (κ3) is 7.40. The molecule has 4 aromatic rings. The Morgan fingerprint density at radius 2 is 1.70 bits per heavy atom. The van der Waals surface area contributed by atoms with Crippen LogP contribution in [0, 0.1) is 17.5 Å². The molecular formula is C29H26F3N5O3. The Morgan fingerprint density at radius 3 is 2.38 bits per heavy atom. The van der Waals surface area contributed by atoms with Crippen molar-refractivity contribution in [2.24, 2.45) is 0 Å². The van der Waals surface area contributed by atoms with Gasteiger partial charge in [0.1, 0.15) is 5.60 Å². The van der Waals surface area contributed by atoms with Crippen LogP contribution in [0.3, 0.4) is 0 Å². The van der Waals surface area contributed by atoms with Gasteiger partial charge in [-0.25, -0.2) is 32.6 Å². The van der Waals surface area contributed by atoms with E-state index in [-0.39, 0.29) is 24.3 Å². The van der Waals surface area contributed by atoms with Gasteiger partial charge in [-0.15, -0.1) is 0 Å². The number of alkyl carbamates (subject to hydrolysis) is 1. The van der Waals surface area contributed by atoms with Crippen molar-refractivity contribution in [1.29, 1.82) is 0 Å². The fourth-order valence-corrected chi connectivity index (χ4v) is 3.63. The number of halogens is 3. The number of carbonyl (C=O) groups excluding carboxylic acids is 1. The molecule has 0 atom stereocenters. The quantitative estimate of drug-likeness (QED) is 0.311. The highest BCUT2D eigenvalue weighted by Gasteiger charge is 2.15. The van der Waals surface area contributed by atoms with E-state index in [0.29, 0.717) is 17.0 Å². The van der Waals surface area contributed by atoms with Gasteiger partial charge in [-0.2, -0.15) is 5.10 Å². The first-order chi connectivity index (χ1) is 19.0. The average molecular weight is 550 g/mol. The molecule has 0 saturated carbocycles. The number of aromatic nitrogens is 4. The smallest absolute Gasteiger partial charge is 0.407 e. The molecule has 1 amide bonds. The van der Waals surface area contributed by atoms with Crippen molar-refractivity contribution in [2.45, 2.75) is 32.9 Å². The minimum Gasteiger partial charge on any atom is -0.444 e. The molecule has 0 aliphatic rings. The van der Waals surface area contributed by atoms with Gasteiger partial charge in [0.15, 0.2) is 23.3 Å². The first-order valence-corrected chi connectivity index (χ1v) is 12.3. The summed E-state index contributed by atoms with van der Waals surface area (Å²) < 4.78 is 47.0. The predicted molar refractivity (Wildman–Crippen MR) is 144 cm³/mol. The summed E-state index contributed by atoms with van der Waals surface area (Å²) in [5.74, 6) is -3.81. The van der Waals surface area contributed by atoms with Crippen LogP contribution in [0.25, 0.3) is 28.7 Å². The van der Waals surface area contributed by atoms with Crippen LogP contribution in [0.2, 0.25) is 0 Å². The monoisotopic (exact) mass is 549 g/mol. The Hall–Kier alpha value is -4.80. The van der Waals surface area contributed by atoms with Gasteiger partial charge in [-0.1, -0.05) is 30.4 Å². The second-order valence-electron chi connectivity index (χ2n) is 9.79. The molecule has 0 aliphatic heterocycles. The van der Waals surface area contributed by atoms with E-state index in [1.807, 2.05) is 6.07 Å². The average Bonchev–Trinajstić information content (AvgIpc) is 2.90. The molecule has 40 heavy (non-hydrogen) atoms. The van der Waals surface area contributed by atoms with Crippen LogP contribution in [0.15, 0.2) is 71.8 Å². The predicted octanol–water partition coefficient (Wildman–Crippen LogP) is 5.37. The molecule has 0 spiro atoms. The molecular weight excluding hydrogens is 523 g/mol. The number of ether oxygens (including phenoxy) is 1. The van der Waals surface area contributed by atoms with Crippen molar-refractivity contribution < 1.29 is 22.7 Å². The van der Waals surface area contributed by atoms with Crippen LogP contribution in [0.4, 0.5) is 18.0 Å². The van der Waals surface area contributed by atoms with E-state index < -0.39 is 34.7 Å². The van der Waals surface area contributed by atoms with E-state index >= 15 is 0 Å². The SMILES string of the molecule is CC(C)(C)OC(=O)NCC=Cc1cnc(-c2cccc(Cn3nc(-c4cc(F)c(F)c(F)c4)ccc3=O)c2)nc1. The third-order valence-corrected chi connectivity index (χ3v) is 5.41. The lowest BCUT2D eigenvalue weighted by atomic mass is 10.1. The Labute approximate surface area is 228 Å². The third-order valence-electron chi connectivity index (χ3n) is 5.41. The molecule has 8 nitrogen and oxygen atoms in total. The van der Waals surface area contributed by atoms with Crippen LogP contribution >= 0.6 is 0 Å². The van der Waals surface area contributed by atoms with Crippen LogP contribution in [0.5, 0.6) is 0 Å². The maximum Gasteiger partial charge on any atom is 0.407 e. The lowest BCUT2D eigenvalue weighted by Gasteiger charge is -2.19. The summed E-state index contributed by atoms with van der Waals surface area (Å²) in [6.07, 6.45) is 6.27. The number of rotatable bonds is 7. The standard InChI is InChI=1S/C29H26F3N5O3/c1-29(2,3)40-28(39)33-11-5-7-19-15-34-27(35-16-19)20-8-4-6-18(12-20)17-37-25(38)10-9-24(36-37)21-13-22(30)26(32)23(31)14-21/h4-10,12-16H,11,17H2,1-3H3,(H,33,39). The number of benzene rings is 2. The van der Waals surface area contributed by atoms with Gasteiger partial charge in [0.2, 0.25) is 0 Å². The first kappa shape index (κ1) is 28.2. The Morgan fingerprint density at radius 1 is 1.00 bits per heavy atom. The molecule has 0 aliphatic carbocycles. The van der Waals surface area contributed by atoms with Crippen molar-refractivity contribution in [3.05, 3.63) is 106 Å². The highest BCUT2D eigenvalue weighted by molar-refractivity contribution is 5.68. The van der Waals surface area contributed by atoms with Gasteiger partial charge >= 0.3 is 6.09 Å². The van der Waals surface area contributed by atoms with Gasteiger partial charge < -0.3 is 10.1 Å². The van der Waals surface area contributed by atoms with E-state index in [4.69, 9.17) is 4.74 Å². The summed E-state index contributed by atoms with van der Waals surface area (Å²) in [6.45, 7) is 5.70. The van der Waals surface area contributed by atoms with Crippen LogP contribution in [-0.2, 0) is 11.3 Å². The zero-order valence-corrected chi connectivity index (χ0v) is 22.0. The fourth-order valence-electron chi connectivity index (χ4n) is 3.63. The van der Waals surface area contributed by atoms with Crippen molar-refractivity contribution in [3.8, 4) is 22.6 Å². The van der Waals surface area contributed by atoms with Crippen molar-refractivity contribution in [3.63, 3.8) is 0 Å². The first-order valence-electron chi connectivity index (χ1n) is 12.3. The zero-order chi connectivity index (χ0) is 28.9. The van der Waals surface area contributed by atoms with E-state index in [9.17, 15) is 22.8 Å². The van der Waals surface area contributed by atoms with E-state index in [1.54, 1.807) is 63.5 Å². The fraction of sp³-hybridized carbons (Fsp3) is 0.207. The van der Waals surface area contributed by atoms with E-state index in [2.05, 4.69) is 20.4 Å². The minimum absolute atomic E-state index is 0.00191. The maximum atomic E-state index is 13.7. The van der Waals surface area contributed by atoms with Crippen LogP contribution < -0.4 is 10.9 Å². The van der Waals surface area contributed by atoms with E-state index in [0.717, 1.165) is 22.4 Å². The summed E-state index contributed by atoms with van der Waals surface area (Å²) >= 11 is 0. The summed E-state index contributed by atoms with van der Waals surface area (Å²) in [7, 11) is 0. The lowest BCUT2D eigenvalue weighted by Crippen LogP contribution is -2.32. The van der Waals surface area contributed by atoms with Crippen molar-refractivity contribution in [1.82, 2.24) is 25.1 Å². The Bertz CT molecular complexity index is 1590. The molecule has 0 radical (unpaired) electrons. The molecule has 0 fully saturated rings. The molecule has 2 aromatic heterocycles. The highest BCUT2D eigenvalue weighted by atomic mass is 19.2. The van der Waals surface area contributed by atoms with E-state index in [1.165, 1.54) is 12.1 Å². The number of hydrogen-bond acceptors (Lipinski definition) is 6. The molecule has 0 saturated heterocycles. The highest BCUT2D eigenvalue weighted by Crippen LogP contribution is 2.22. The van der Waals surface area contributed by atoms with Gasteiger partial charge in [0.05, 0.1) is 12.2 Å². The molecule has 0 bridgehead atoms. The molecule has 206 valence electrons. The minimum atomic E-state index is -1.57. The number of carbonyl (C=O) groups is 1. The summed E-state index contributed by atoms with van der Waals surface area (Å²) in [5.41, 5.74) is 1.26. The van der Waals surface area contributed by atoms with Gasteiger partial charge in [0.25, 0.3) is 5.56 Å².